The van der Waals surface area contributed by atoms with E-state index in [-0.39, 0.29) is 23.1 Å². The average Bonchev–Trinajstić information content (AvgIpc) is 2.76. The zero-order valence-electron chi connectivity index (χ0n) is 16.5. The van der Waals surface area contributed by atoms with Crippen molar-refractivity contribution in [3.8, 4) is 23.0 Å². The molecule has 1 amide bonds. The first kappa shape index (κ1) is 20.3. The summed E-state index contributed by atoms with van der Waals surface area (Å²) in [7, 11) is 4.33. The molecule has 0 saturated carbocycles. The predicted molar refractivity (Wildman–Crippen MR) is 104 cm³/mol. The summed E-state index contributed by atoms with van der Waals surface area (Å²) < 4.78 is 26.5. The summed E-state index contributed by atoms with van der Waals surface area (Å²) in [5.74, 6) is 0.501. The summed E-state index contributed by atoms with van der Waals surface area (Å²) >= 11 is 0. The number of amides is 1. The number of benzene rings is 2. The average molecular weight is 401 g/mol. The Hall–Kier alpha value is -3.42. The third kappa shape index (κ3) is 4.37. The second-order valence-electron chi connectivity index (χ2n) is 6.25. The summed E-state index contributed by atoms with van der Waals surface area (Å²) in [4.78, 5) is 24.8. The van der Waals surface area contributed by atoms with E-state index in [1.54, 1.807) is 6.07 Å². The first-order valence-corrected chi connectivity index (χ1v) is 9.06. The molecule has 0 fully saturated rings. The van der Waals surface area contributed by atoms with Crippen LogP contribution in [0.3, 0.4) is 0 Å². The van der Waals surface area contributed by atoms with E-state index in [2.05, 4.69) is 5.32 Å². The number of ether oxygens (including phenoxy) is 5. The molecule has 0 spiro atoms. The van der Waals surface area contributed by atoms with Gasteiger partial charge in [-0.1, -0.05) is 18.2 Å². The van der Waals surface area contributed by atoms with Gasteiger partial charge >= 0.3 is 5.97 Å². The Bertz CT molecular complexity index is 897. The van der Waals surface area contributed by atoms with E-state index in [9.17, 15) is 9.59 Å². The predicted octanol–water partition coefficient (Wildman–Crippen LogP) is 2.51. The van der Waals surface area contributed by atoms with Crippen molar-refractivity contribution in [2.75, 3.05) is 34.5 Å². The Morgan fingerprint density at radius 3 is 2.52 bits per heavy atom. The molecule has 8 heteroatoms. The van der Waals surface area contributed by atoms with Crippen LogP contribution in [0.2, 0.25) is 0 Å². The van der Waals surface area contributed by atoms with Crippen LogP contribution in [0.4, 0.5) is 0 Å². The van der Waals surface area contributed by atoms with Gasteiger partial charge in [0.05, 0.1) is 34.0 Å². The second-order valence-corrected chi connectivity index (χ2v) is 6.25. The number of fused-ring (bicyclic) bond motifs is 1. The molecule has 154 valence electrons. The molecule has 1 aliphatic heterocycles. The van der Waals surface area contributed by atoms with E-state index < -0.39 is 18.5 Å². The summed E-state index contributed by atoms with van der Waals surface area (Å²) in [6.07, 6.45) is 0.639. The van der Waals surface area contributed by atoms with E-state index in [4.69, 9.17) is 23.7 Å². The van der Waals surface area contributed by atoms with Crippen molar-refractivity contribution < 1.29 is 33.3 Å². The summed E-state index contributed by atoms with van der Waals surface area (Å²) in [6, 6.07) is 10.4. The minimum atomic E-state index is -0.703. The van der Waals surface area contributed by atoms with Crippen LogP contribution in [0.1, 0.15) is 28.4 Å². The highest BCUT2D eigenvalue weighted by Crippen LogP contribution is 2.40. The number of carbonyl (C=O) groups excluding carboxylic acids is 2. The summed E-state index contributed by atoms with van der Waals surface area (Å²) in [5, 5.41) is 2.88. The van der Waals surface area contributed by atoms with Gasteiger partial charge < -0.3 is 29.0 Å². The highest BCUT2D eigenvalue weighted by Gasteiger charge is 2.25. The van der Waals surface area contributed by atoms with Crippen LogP contribution in [0.25, 0.3) is 0 Å². The molecule has 1 unspecified atom stereocenters. The van der Waals surface area contributed by atoms with Gasteiger partial charge in [0.25, 0.3) is 5.91 Å². The minimum Gasteiger partial charge on any atom is -0.493 e. The van der Waals surface area contributed by atoms with E-state index in [1.165, 1.54) is 27.4 Å². The molecule has 1 aliphatic rings. The standard InChI is InChI=1S/C21H23NO7/c1-25-17-9-8-14(19(26-2)20(17)27-3)21(24)29-12-18(23)22-15-10-11-28-16-7-5-4-6-13(15)16/h4-9,15H,10-12H2,1-3H3,(H,22,23). The molecule has 1 N–H and O–H groups in total. The molecule has 2 aromatic rings. The van der Waals surface area contributed by atoms with Gasteiger partial charge in [0.1, 0.15) is 11.3 Å². The fourth-order valence-electron chi connectivity index (χ4n) is 3.20. The summed E-state index contributed by atoms with van der Waals surface area (Å²) in [6.45, 7) is 0.0838. The van der Waals surface area contributed by atoms with Crippen LogP contribution in [0.15, 0.2) is 36.4 Å². The van der Waals surface area contributed by atoms with Crippen LogP contribution in [-0.2, 0) is 9.53 Å². The van der Waals surface area contributed by atoms with Gasteiger partial charge in [0.15, 0.2) is 18.1 Å². The highest BCUT2D eigenvalue weighted by molar-refractivity contribution is 5.95. The van der Waals surface area contributed by atoms with Gasteiger partial charge in [-0.3, -0.25) is 4.79 Å². The molecule has 0 saturated heterocycles. The molecule has 0 aliphatic carbocycles. The van der Waals surface area contributed by atoms with Crippen molar-refractivity contribution in [2.45, 2.75) is 12.5 Å². The van der Waals surface area contributed by atoms with Gasteiger partial charge in [-0.05, 0) is 18.2 Å². The third-order valence-corrected chi connectivity index (χ3v) is 4.55. The molecule has 2 aromatic carbocycles. The first-order valence-electron chi connectivity index (χ1n) is 9.06. The van der Waals surface area contributed by atoms with E-state index >= 15 is 0 Å². The second kappa shape index (κ2) is 9.18. The number of rotatable bonds is 7. The van der Waals surface area contributed by atoms with Gasteiger partial charge in [-0.25, -0.2) is 4.79 Å². The Balaban J connectivity index is 1.65. The zero-order valence-corrected chi connectivity index (χ0v) is 16.5. The highest BCUT2D eigenvalue weighted by atomic mass is 16.5. The lowest BCUT2D eigenvalue weighted by Crippen LogP contribution is -2.35. The van der Waals surface area contributed by atoms with Crippen molar-refractivity contribution in [1.82, 2.24) is 5.32 Å². The summed E-state index contributed by atoms with van der Waals surface area (Å²) in [5.41, 5.74) is 1.04. The Kier molecular flexibility index (Phi) is 6.43. The maximum absolute atomic E-state index is 12.5. The van der Waals surface area contributed by atoms with Crippen molar-refractivity contribution in [3.63, 3.8) is 0 Å². The van der Waals surface area contributed by atoms with Crippen LogP contribution < -0.4 is 24.3 Å². The fourth-order valence-corrected chi connectivity index (χ4v) is 3.20. The number of hydrogen-bond donors (Lipinski definition) is 1. The largest absolute Gasteiger partial charge is 0.493 e. The third-order valence-electron chi connectivity index (χ3n) is 4.55. The quantitative estimate of drug-likeness (QED) is 0.713. The van der Waals surface area contributed by atoms with Gasteiger partial charge in [0.2, 0.25) is 5.75 Å². The SMILES string of the molecule is COc1ccc(C(=O)OCC(=O)NC2CCOc3ccccc32)c(OC)c1OC. The first-order chi connectivity index (χ1) is 14.1. The molecule has 0 radical (unpaired) electrons. The van der Waals surface area contributed by atoms with Gasteiger partial charge in [-0.2, -0.15) is 0 Å². The van der Waals surface area contributed by atoms with Crippen molar-refractivity contribution in [3.05, 3.63) is 47.5 Å². The van der Waals surface area contributed by atoms with Crippen LogP contribution in [0, 0.1) is 0 Å². The van der Waals surface area contributed by atoms with Gasteiger partial charge in [0, 0.05) is 12.0 Å². The number of hydrogen-bond acceptors (Lipinski definition) is 7. The van der Waals surface area contributed by atoms with Crippen molar-refractivity contribution in [1.29, 1.82) is 0 Å². The lowest BCUT2D eigenvalue weighted by atomic mass is 10.0. The lowest BCUT2D eigenvalue weighted by Gasteiger charge is -2.26. The molecule has 29 heavy (non-hydrogen) atoms. The van der Waals surface area contributed by atoms with Crippen molar-refractivity contribution in [2.24, 2.45) is 0 Å². The van der Waals surface area contributed by atoms with E-state index in [1.807, 2.05) is 24.3 Å². The normalized spacial score (nSPS) is 14.8. The van der Waals surface area contributed by atoms with Gasteiger partial charge in [-0.15, -0.1) is 0 Å². The lowest BCUT2D eigenvalue weighted by molar-refractivity contribution is -0.125. The Morgan fingerprint density at radius 1 is 1.03 bits per heavy atom. The van der Waals surface area contributed by atoms with E-state index in [0.29, 0.717) is 18.8 Å². The molecule has 0 aromatic heterocycles. The molecule has 8 nitrogen and oxygen atoms in total. The molecule has 1 atom stereocenters. The maximum Gasteiger partial charge on any atom is 0.342 e. The molecule has 1 heterocycles. The topological polar surface area (TPSA) is 92.3 Å². The number of para-hydroxylation sites is 1. The maximum atomic E-state index is 12.5. The van der Waals surface area contributed by atoms with Crippen LogP contribution in [-0.4, -0.2) is 46.4 Å². The number of nitrogens with one attached hydrogen (secondary N) is 1. The van der Waals surface area contributed by atoms with Crippen LogP contribution >= 0.6 is 0 Å². The van der Waals surface area contributed by atoms with E-state index in [0.717, 1.165) is 11.3 Å². The Morgan fingerprint density at radius 2 is 1.79 bits per heavy atom. The smallest absolute Gasteiger partial charge is 0.342 e. The Labute approximate surface area is 168 Å². The fraction of sp³-hybridized carbons (Fsp3) is 0.333. The number of methoxy groups -OCH3 is 3. The zero-order chi connectivity index (χ0) is 20.8. The molecule has 0 bridgehead atoms. The number of esters is 1. The van der Waals surface area contributed by atoms with Crippen molar-refractivity contribution >= 4 is 11.9 Å². The molecule has 3 rings (SSSR count). The minimum absolute atomic E-state index is 0.134. The van der Waals surface area contributed by atoms with Crippen LogP contribution in [0.5, 0.6) is 23.0 Å². The molecular formula is C21H23NO7. The monoisotopic (exact) mass is 401 g/mol. The molecular weight excluding hydrogens is 378 g/mol. The number of carbonyl (C=O) groups is 2.